The van der Waals surface area contributed by atoms with Crippen molar-refractivity contribution in [2.24, 2.45) is 5.92 Å². The van der Waals surface area contributed by atoms with Gasteiger partial charge in [-0.05, 0) is 54.7 Å². The number of amides is 2. The van der Waals surface area contributed by atoms with Crippen molar-refractivity contribution in [1.82, 2.24) is 10.0 Å². The highest BCUT2D eigenvalue weighted by Crippen LogP contribution is 2.16. The summed E-state index contributed by atoms with van der Waals surface area (Å²) in [6.45, 7) is 5.05. The SMILES string of the molecule is CC(C)CC(=O)Nc1cccc(CNC(=O)c2cccc(S(=O)(=O)NCC3CCCO3)c2)c1. The van der Waals surface area contributed by atoms with Crippen LogP contribution in [0, 0.1) is 5.92 Å². The first kappa shape index (κ1) is 24.9. The number of rotatable bonds is 10. The molecule has 3 N–H and O–H groups in total. The van der Waals surface area contributed by atoms with Gasteiger partial charge in [0.2, 0.25) is 15.9 Å². The van der Waals surface area contributed by atoms with Crippen LogP contribution in [0.15, 0.2) is 53.4 Å². The smallest absolute Gasteiger partial charge is 0.251 e. The van der Waals surface area contributed by atoms with E-state index in [1.807, 2.05) is 19.9 Å². The first-order valence-corrected chi connectivity index (χ1v) is 12.6. The van der Waals surface area contributed by atoms with E-state index in [2.05, 4.69) is 15.4 Å². The Morgan fingerprint density at radius 2 is 1.91 bits per heavy atom. The van der Waals surface area contributed by atoms with Gasteiger partial charge in [0.25, 0.3) is 5.91 Å². The van der Waals surface area contributed by atoms with E-state index >= 15 is 0 Å². The molecule has 0 saturated carbocycles. The highest BCUT2D eigenvalue weighted by atomic mass is 32.2. The molecule has 3 rings (SSSR count). The maximum atomic E-state index is 12.6. The average Bonchev–Trinajstić information content (AvgIpc) is 3.30. The largest absolute Gasteiger partial charge is 0.377 e. The van der Waals surface area contributed by atoms with Crippen molar-refractivity contribution in [2.75, 3.05) is 18.5 Å². The Morgan fingerprint density at radius 1 is 1.12 bits per heavy atom. The molecule has 1 fully saturated rings. The summed E-state index contributed by atoms with van der Waals surface area (Å²) in [7, 11) is -3.75. The summed E-state index contributed by atoms with van der Waals surface area (Å²) in [5.41, 5.74) is 1.72. The molecule has 1 heterocycles. The number of hydrogen-bond donors (Lipinski definition) is 3. The zero-order valence-corrected chi connectivity index (χ0v) is 19.8. The lowest BCUT2D eigenvalue weighted by atomic mass is 10.1. The average molecular weight is 474 g/mol. The van der Waals surface area contributed by atoms with Crippen LogP contribution in [0.25, 0.3) is 0 Å². The van der Waals surface area contributed by atoms with Crippen molar-refractivity contribution in [2.45, 2.75) is 50.7 Å². The van der Waals surface area contributed by atoms with E-state index < -0.39 is 10.0 Å². The summed E-state index contributed by atoms with van der Waals surface area (Å²) < 4.78 is 33.2. The molecule has 8 nitrogen and oxygen atoms in total. The molecule has 1 saturated heterocycles. The van der Waals surface area contributed by atoms with Gasteiger partial charge in [0, 0.05) is 37.4 Å². The first-order chi connectivity index (χ1) is 15.7. The number of carbonyl (C=O) groups is 2. The van der Waals surface area contributed by atoms with Gasteiger partial charge in [0.1, 0.15) is 0 Å². The van der Waals surface area contributed by atoms with Crippen molar-refractivity contribution in [1.29, 1.82) is 0 Å². The molecule has 0 radical (unpaired) electrons. The third kappa shape index (κ3) is 7.66. The van der Waals surface area contributed by atoms with Crippen LogP contribution in [0.5, 0.6) is 0 Å². The van der Waals surface area contributed by atoms with Crippen LogP contribution in [0.2, 0.25) is 0 Å². The number of sulfonamides is 1. The molecule has 1 atom stereocenters. The Kier molecular flexibility index (Phi) is 8.60. The maximum absolute atomic E-state index is 12.6. The van der Waals surface area contributed by atoms with Crippen molar-refractivity contribution in [3.05, 3.63) is 59.7 Å². The summed E-state index contributed by atoms with van der Waals surface area (Å²) >= 11 is 0. The number of anilines is 1. The zero-order valence-electron chi connectivity index (χ0n) is 19.0. The second-order valence-electron chi connectivity index (χ2n) is 8.54. The first-order valence-electron chi connectivity index (χ1n) is 11.1. The lowest BCUT2D eigenvalue weighted by molar-refractivity contribution is -0.116. The second kappa shape index (κ2) is 11.4. The lowest BCUT2D eigenvalue weighted by Crippen LogP contribution is -2.32. The molecule has 9 heteroatoms. The van der Waals surface area contributed by atoms with Crippen LogP contribution >= 0.6 is 0 Å². The van der Waals surface area contributed by atoms with Crippen molar-refractivity contribution in [3.63, 3.8) is 0 Å². The number of nitrogens with one attached hydrogen (secondary N) is 3. The summed E-state index contributed by atoms with van der Waals surface area (Å²) in [5, 5.41) is 5.65. The van der Waals surface area contributed by atoms with Gasteiger partial charge in [-0.2, -0.15) is 0 Å². The fourth-order valence-electron chi connectivity index (χ4n) is 3.52. The van der Waals surface area contributed by atoms with E-state index in [0.29, 0.717) is 18.7 Å². The standard InChI is InChI=1S/C24H31N3O5S/c1-17(2)12-23(28)27-20-8-3-6-18(13-20)15-25-24(29)19-7-4-10-22(14-19)33(30,31)26-16-21-9-5-11-32-21/h3-4,6-8,10,13-14,17,21,26H,5,9,11-12,15-16H2,1-2H3,(H,25,29)(H,27,28). The maximum Gasteiger partial charge on any atom is 0.251 e. The minimum Gasteiger partial charge on any atom is -0.377 e. The number of ether oxygens (including phenoxy) is 1. The van der Waals surface area contributed by atoms with E-state index in [4.69, 9.17) is 4.74 Å². The van der Waals surface area contributed by atoms with E-state index in [1.165, 1.54) is 12.1 Å². The fourth-order valence-corrected chi connectivity index (χ4v) is 4.63. The normalized spacial score (nSPS) is 16.0. The molecule has 1 aliphatic rings. The van der Waals surface area contributed by atoms with Gasteiger partial charge >= 0.3 is 0 Å². The molecule has 178 valence electrons. The number of carbonyl (C=O) groups excluding carboxylic acids is 2. The molecule has 2 amide bonds. The van der Waals surface area contributed by atoms with Crippen LogP contribution in [0.3, 0.4) is 0 Å². The number of benzene rings is 2. The van der Waals surface area contributed by atoms with Crippen LogP contribution in [0.1, 0.15) is 49.0 Å². The number of hydrogen-bond acceptors (Lipinski definition) is 5. The monoisotopic (exact) mass is 473 g/mol. The Bertz CT molecular complexity index is 1080. The van der Waals surface area contributed by atoms with Crippen LogP contribution in [-0.4, -0.2) is 39.5 Å². The molecule has 1 unspecified atom stereocenters. The third-order valence-corrected chi connectivity index (χ3v) is 6.61. The fraction of sp³-hybridized carbons (Fsp3) is 0.417. The van der Waals surface area contributed by atoms with Crippen LogP contribution in [0.4, 0.5) is 5.69 Å². The summed E-state index contributed by atoms with van der Waals surface area (Å²) in [5.74, 6) is -0.184. The van der Waals surface area contributed by atoms with Crippen molar-refractivity contribution in [3.8, 4) is 0 Å². The summed E-state index contributed by atoms with van der Waals surface area (Å²) in [4.78, 5) is 24.6. The van der Waals surface area contributed by atoms with E-state index in [9.17, 15) is 18.0 Å². The molecule has 0 aliphatic carbocycles. The highest BCUT2D eigenvalue weighted by molar-refractivity contribution is 7.89. The minimum absolute atomic E-state index is 0.0306. The van der Waals surface area contributed by atoms with Gasteiger partial charge in [-0.15, -0.1) is 0 Å². The minimum atomic E-state index is -3.75. The van der Waals surface area contributed by atoms with Gasteiger partial charge < -0.3 is 15.4 Å². The Balaban J connectivity index is 1.58. The molecule has 0 spiro atoms. The van der Waals surface area contributed by atoms with Gasteiger partial charge in [-0.1, -0.05) is 32.0 Å². The molecule has 2 aromatic rings. The molecule has 1 aliphatic heterocycles. The molecule has 0 bridgehead atoms. The quantitative estimate of drug-likeness (QED) is 0.491. The van der Waals surface area contributed by atoms with E-state index in [-0.39, 0.29) is 47.4 Å². The van der Waals surface area contributed by atoms with E-state index in [1.54, 1.807) is 30.3 Å². The van der Waals surface area contributed by atoms with Crippen LogP contribution in [-0.2, 0) is 26.1 Å². The van der Waals surface area contributed by atoms with Crippen molar-refractivity contribution >= 4 is 27.5 Å². The molecule has 0 aromatic heterocycles. The van der Waals surface area contributed by atoms with Gasteiger partial charge in [0.05, 0.1) is 11.0 Å². The Hall–Kier alpha value is -2.75. The Morgan fingerprint density at radius 3 is 2.64 bits per heavy atom. The zero-order chi connectivity index (χ0) is 23.8. The Labute approximate surface area is 195 Å². The molecular weight excluding hydrogens is 442 g/mol. The highest BCUT2D eigenvalue weighted by Gasteiger charge is 2.21. The van der Waals surface area contributed by atoms with Gasteiger partial charge in [-0.25, -0.2) is 13.1 Å². The molecular formula is C24H31N3O5S. The predicted molar refractivity (Wildman–Crippen MR) is 126 cm³/mol. The van der Waals surface area contributed by atoms with Gasteiger partial charge in [-0.3, -0.25) is 9.59 Å². The van der Waals surface area contributed by atoms with Crippen molar-refractivity contribution < 1.29 is 22.7 Å². The topological polar surface area (TPSA) is 114 Å². The molecule has 2 aromatic carbocycles. The summed E-state index contributed by atoms with van der Waals surface area (Å²) in [6.07, 6.45) is 2.07. The van der Waals surface area contributed by atoms with Crippen LogP contribution < -0.4 is 15.4 Å². The van der Waals surface area contributed by atoms with Gasteiger partial charge in [0.15, 0.2) is 0 Å². The third-order valence-electron chi connectivity index (χ3n) is 5.19. The predicted octanol–water partition coefficient (Wildman–Crippen LogP) is 3.06. The van der Waals surface area contributed by atoms with E-state index in [0.717, 1.165) is 18.4 Å². The summed E-state index contributed by atoms with van der Waals surface area (Å²) in [6, 6.07) is 13.2. The lowest BCUT2D eigenvalue weighted by Gasteiger charge is -2.12. The second-order valence-corrected chi connectivity index (χ2v) is 10.3. The molecule has 33 heavy (non-hydrogen) atoms.